The first kappa shape index (κ1) is 14.6. The summed E-state index contributed by atoms with van der Waals surface area (Å²) in [7, 11) is 0. The molecule has 3 nitrogen and oxygen atoms in total. The van der Waals surface area contributed by atoms with Gasteiger partial charge in [-0.1, -0.05) is 65.9 Å². The van der Waals surface area contributed by atoms with Crippen molar-refractivity contribution in [2.45, 2.75) is 19.9 Å². The van der Waals surface area contributed by atoms with Crippen molar-refractivity contribution >= 4 is 11.0 Å². The van der Waals surface area contributed by atoms with E-state index in [0.29, 0.717) is 0 Å². The molecule has 0 aliphatic carbocycles. The molecular weight excluding hydrogens is 294 g/mol. The van der Waals surface area contributed by atoms with Crippen molar-refractivity contribution in [2.24, 2.45) is 0 Å². The van der Waals surface area contributed by atoms with E-state index in [1.165, 1.54) is 22.3 Å². The number of aromatic nitrogens is 3. The molecule has 0 atom stereocenters. The summed E-state index contributed by atoms with van der Waals surface area (Å²) in [6.07, 6.45) is 0. The van der Waals surface area contributed by atoms with Crippen molar-refractivity contribution < 1.29 is 0 Å². The molecule has 3 aromatic carbocycles. The van der Waals surface area contributed by atoms with Crippen molar-refractivity contribution in [3.05, 3.63) is 95.1 Å². The summed E-state index contributed by atoms with van der Waals surface area (Å²) in [4.78, 5) is 0. The minimum absolute atomic E-state index is 0.0134. The summed E-state index contributed by atoms with van der Waals surface area (Å²) >= 11 is 0. The zero-order valence-corrected chi connectivity index (χ0v) is 13.8. The molecule has 0 saturated heterocycles. The number of benzene rings is 3. The summed E-state index contributed by atoms with van der Waals surface area (Å²) in [5.74, 6) is 0. The molecular formula is C21H19N3. The van der Waals surface area contributed by atoms with Crippen molar-refractivity contribution in [3.8, 4) is 0 Å². The summed E-state index contributed by atoms with van der Waals surface area (Å²) < 4.78 is 2.03. The van der Waals surface area contributed by atoms with E-state index in [0.717, 1.165) is 11.0 Å². The van der Waals surface area contributed by atoms with Crippen LogP contribution in [0, 0.1) is 13.8 Å². The molecule has 0 N–H and O–H groups in total. The molecule has 0 unspecified atom stereocenters. The Balaban J connectivity index is 1.96. The quantitative estimate of drug-likeness (QED) is 0.549. The molecule has 3 heteroatoms. The largest absolute Gasteiger partial charge is 0.233 e. The molecule has 24 heavy (non-hydrogen) atoms. The van der Waals surface area contributed by atoms with E-state index >= 15 is 0 Å². The Kier molecular flexibility index (Phi) is 3.62. The van der Waals surface area contributed by atoms with Gasteiger partial charge in [0.2, 0.25) is 0 Å². The van der Waals surface area contributed by atoms with E-state index in [1.54, 1.807) is 0 Å². The molecule has 0 bridgehead atoms. The average Bonchev–Trinajstić information content (AvgIpc) is 3.00. The van der Waals surface area contributed by atoms with Crippen molar-refractivity contribution in [3.63, 3.8) is 0 Å². The highest BCUT2D eigenvalue weighted by Crippen LogP contribution is 2.29. The minimum Gasteiger partial charge on any atom is -0.233 e. The molecule has 0 amide bonds. The standard InChI is InChI=1S/C21H19N3/c1-15-13-19-20(14-16(15)2)24(23-22-19)21(17-9-5-3-6-10-17)18-11-7-4-8-12-18/h3-14,21H,1-2H3. The fourth-order valence-corrected chi connectivity index (χ4v) is 3.13. The highest BCUT2D eigenvalue weighted by atomic mass is 15.4. The lowest BCUT2D eigenvalue weighted by Gasteiger charge is -2.19. The first-order valence-electron chi connectivity index (χ1n) is 8.16. The lowest BCUT2D eigenvalue weighted by atomic mass is 9.98. The number of rotatable bonds is 3. The van der Waals surface area contributed by atoms with Crippen molar-refractivity contribution in [2.75, 3.05) is 0 Å². The van der Waals surface area contributed by atoms with Crippen LogP contribution in [0.1, 0.15) is 28.3 Å². The average molecular weight is 313 g/mol. The molecule has 0 aliphatic rings. The van der Waals surface area contributed by atoms with Crippen LogP contribution in [0.15, 0.2) is 72.8 Å². The number of hydrogen-bond donors (Lipinski definition) is 0. The zero-order chi connectivity index (χ0) is 16.5. The van der Waals surface area contributed by atoms with Gasteiger partial charge in [0, 0.05) is 0 Å². The molecule has 1 aromatic heterocycles. The van der Waals surface area contributed by atoms with Gasteiger partial charge >= 0.3 is 0 Å². The molecule has 0 fully saturated rings. The fourth-order valence-electron chi connectivity index (χ4n) is 3.13. The van der Waals surface area contributed by atoms with Gasteiger partial charge in [-0.3, -0.25) is 0 Å². The topological polar surface area (TPSA) is 30.7 Å². The Hall–Kier alpha value is -2.94. The van der Waals surface area contributed by atoms with Crippen LogP contribution in [0.25, 0.3) is 11.0 Å². The van der Waals surface area contributed by atoms with Gasteiger partial charge in [-0.05, 0) is 48.2 Å². The van der Waals surface area contributed by atoms with Crippen LogP contribution in [-0.2, 0) is 0 Å². The second-order valence-electron chi connectivity index (χ2n) is 6.18. The molecule has 118 valence electrons. The highest BCUT2D eigenvalue weighted by Gasteiger charge is 2.20. The maximum absolute atomic E-state index is 4.50. The van der Waals surface area contributed by atoms with Crippen molar-refractivity contribution in [1.29, 1.82) is 0 Å². The van der Waals surface area contributed by atoms with Crippen LogP contribution in [0.3, 0.4) is 0 Å². The van der Waals surface area contributed by atoms with Gasteiger partial charge in [-0.2, -0.15) is 0 Å². The van der Waals surface area contributed by atoms with Crippen LogP contribution >= 0.6 is 0 Å². The molecule has 0 aliphatic heterocycles. The normalized spacial score (nSPS) is 11.3. The Morgan fingerprint density at radius 1 is 0.750 bits per heavy atom. The summed E-state index contributed by atoms with van der Waals surface area (Å²) in [5.41, 5.74) is 6.91. The van der Waals surface area contributed by atoms with E-state index < -0.39 is 0 Å². The molecule has 0 saturated carbocycles. The molecule has 0 radical (unpaired) electrons. The van der Waals surface area contributed by atoms with Gasteiger partial charge in [0.1, 0.15) is 11.6 Å². The zero-order valence-electron chi connectivity index (χ0n) is 13.8. The number of fused-ring (bicyclic) bond motifs is 1. The van der Waals surface area contributed by atoms with Gasteiger partial charge < -0.3 is 0 Å². The third-order valence-electron chi connectivity index (χ3n) is 4.56. The third-order valence-corrected chi connectivity index (χ3v) is 4.56. The van der Waals surface area contributed by atoms with Crippen LogP contribution < -0.4 is 0 Å². The smallest absolute Gasteiger partial charge is 0.113 e. The molecule has 4 rings (SSSR count). The van der Waals surface area contributed by atoms with Gasteiger partial charge in [0.15, 0.2) is 0 Å². The number of hydrogen-bond acceptors (Lipinski definition) is 2. The second kappa shape index (κ2) is 5.93. The predicted molar refractivity (Wildman–Crippen MR) is 97.1 cm³/mol. The van der Waals surface area contributed by atoms with Crippen LogP contribution in [0.5, 0.6) is 0 Å². The Bertz CT molecular complexity index is 933. The van der Waals surface area contributed by atoms with E-state index in [9.17, 15) is 0 Å². The monoisotopic (exact) mass is 313 g/mol. The highest BCUT2D eigenvalue weighted by molar-refractivity contribution is 5.76. The summed E-state index contributed by atoms with van der Waals surface area (Å²) in [6, 6.07) is 25.2. The lowest BCUT2D eigenvalue weighted by molar-refractivity contribution is 0.588. The van der Waals surface area contributed by atoms with E-state index in [1.807, 2.05) is 16.8 Å². The summed E-state index contributed by atoms with van der Waals surface area (Å²) in [5, 5.41) is 8.90. The lowest BCUT2D eigenvalue weighted by Crippen LogP contribution is -2.14. The van der Waals surface area contributed by atoms with Gasteiger partial charge in [-0.15, -0.1) is 5.10 Å². The van der Waals surface area contributed by atoms with E-state index in [-0.39, 0.29) is 6.04 Å². The van der Waals surface area contributed by atoms with Gasteiger partial charge in [-0.25, -0.2) is 4.68 Å². The first-order chi connectivity index (χ1) is 11.7. The summed E-state index contributed by atoms with van der Waals surface area (Å²) in [6.45, 7) is 4.24. The Morgan fingerprint density at radius 3 is 1.88 bits per heavy atom. The second-order valence-corrected chi connectivity index (χ2v) is 6.18. The number of aryl methyl sites for hydroxylation is 2. The van der Waals surface area contributed by atoms with Crippen LogP contribution in [0.4, 0.5) is 0 Å². The Morgan fingerprint density at radius 2 is 1.29 bits per heavy atom. The van der Waals surface area contributed by atoms with E-state index in [2.05, 4.69) is 84.8 Å². The van der Waals surface area contributed by atoms with Crippen molar-refractivity contribution in [1.82, 2.24) is 15.0 Å². The van der Waals surface area contributed by atoms with Gasteiger partial charge in [0.25, 0.3) is 0 Å². The van der Waals surface area contributed by atoms with Crippen LogP contribution in [0.2, 0.25) is 0 Å². The maximum Gasteiger partial charge on any atom is 0.113 e. The SMILES string of the molecule is Cc1cc2nnn(C(c3ccccc3)c3ccccc3)c2cc1C. The third kappa shape index (κ3) is 2.48. The fraction of sp³-hybridized carbons (Fsp3) is 0.143. The maximum atomic E-state index is 4.50. The minimum atomic E-state index is 0.0134. The predicted octanol–water partition coefficient (Wildman–Crippen LogP) is 4.69. The molecule has 4 aromatic rings. The first-order valence-corrected chi connectivity index (χ1v) is 8.16. The molecule has 1 heterocycles. The number of nitrogens with zero attached hydrogens (tertiary/aromatic N) is 3. The van der Waals surface area contributed by atoms with E-state index in [4.69, 9.17) is 0 Å². The molecule has 0 spiro atoms. The van der Waals surface area contributed by atoms with Gasteiger partial charge in [0.05, 0.1) is 5.52 Å². The van der Waals surface area contributed by atoms with Crippen LogP contribution in [-0.4, -0.2) is 15.0 Å². The Labute approximate surface area is 141 Å².